The van der Waals surface area contributed by atoms with Crippen LogP contribution >= 0.6 is 31.3 Å². The Balaban J connectivity index is 0.000000806. The van der Waals surface area contributed by atoms with Crippen LogP contribution in [0.15, 0.2) is 121 Å². The predicted octanol–water partition coefficient (Wildman–Crippen LogP) is 6.54. The minimum absolute atomic E-state index is 0.106. The van der Waals surface area contributed by atoms with Crippen molar-refractivity contribution in [3.05, 3.63) is 121 Å². The van der Waals surface area contributed by atoms with Gasteiger partial charge in [-0.15, -0.1) is 0 Å². The first-order chi connectivity index (χ1) is 14.8. The molecule has 0 saturated carbocycles. The molecule has 0 fully saturated rings. The molecule has 0 heterocycles. The van der Waals surface area contributed by atoms with Gasteiger partial charge in [0.05, 0.1) is 0 Å². The van der Waals surface area contributed by atoms with Crippen molar-refractivity contribution in [1.82, 2.24) is 0 Å². The molecule has 0 aromatic heterocycles. The third-order valence-corrected chi connectivity index (χ3v) is 18.3. The van der Waals surface area contributed by atoms with E-state index in [-0.39, 0.29) is 28.2 Å². The summed E-state index contributed by atoms with van der Waals surface area (Å²) in [6.45, 7) is 0. The van der Waals surface area contributed by atoms with Crippen LogP contribution in [0.3, 0.4) is 0 Å². The normalized spacial score (nSPS) is 10.8. The van der Waals surface area contributed by atoms with Crippen molar-refractivity contribution in [3.8, 4) is 0 Å². The molecule has 0 nitrogen and oxygen atoms in total. The number of rotatable bonds is 6. The first kappa shape index (κ1) is 24.3. The molecule has 0 N–H and O–H groups in total. The molecule has 4 rings (SSSR count). The van der Waals surface area contributed by atoms with Crippen LogP contribution in [-0.2, 0) is 32.9 Å². The van der Waals surface area contributed by atoms with E-state index < -0.39 is 0 Å². The van der Waals surface area contributed by atoms with Crippen molar-refractivity contribution in [2.24, 2.45) is 0 Å². The zero-order valence-electron chi connectivity index (χ0n) is 15.8. The summed E-state index contributed by atoms with van der Waals surface area (Å²) in [7, 11) is 9.63. The maximum absolute atomic E-state index is 4.81. The topological polar surface area (TPSA) is 0 Å². The third kappa shape index (κ3) is 7.36. The Morgan fingerprint density at radius 1 is 0.433 bits per heavy atom. The van der Waals surface area contributed by atoms with Crippen LogP contribution in [0.5, 0.6) is 0 Å². The SMILES string of the molecule is [Cl][Pd][Cl].c1ccc([P]([Pd-2][P](c2ccccc2)c2ccccc2)c2ccccc2)cc1. The van der Waals surface area contributed by atoms with Gasteiger partial charge in [-0.25, -0.2) is 0 Å². The van der Waals surface area contributed by atoms with Gasteiger partial charge < -0.3 is 0 Å². The van der Waals surface area contributed by atoms with Gasteiger partial charge in [-0.3, -0.25) is 0 Å². The summed E-state index contributed by atoms with van der Waals surface area (Å²) >= 11 is 0.493. The Kier molecular flexibility index (Phi) is 11.3. The summed E-state index contributed by atoms with van der Waals surface area (Å²) < 4.78 is 0. The first-order valence-electron chi connectivity index (χ1n) is 9.06. The average Bonchev–Trinajstić information content (AvgIpc) is 2.83. The van der Waals surface area contributed by atoms with E-state index in [1.54, 1.807) is 0 Å². The molecule has 0 amide bonds. The second-order valence-electron chi connectivity index (χ2n) is 5.96. The van der Waals surface area contributed by atoms with E-state index in [0.29, 0.717) is 17.0 Å². The van der Waals surface area contributed by atoms with Crippen LogP contribution in [0, 0.1) is 0 Å². The Labute approximate surface area is 205 Å². The fourth-order valence-electron chi connectivity index (χ4n) is 2.71. The molecule has 4 aromatic carbocycles. The first-order valence-corrected chi connectivity index (χ1v) is 19.6. The number of halogens is 2. The van der Waals surface area contributed by atoms with Crippen molar-refractivity contribution in [1.29, 1.82) is 0 Å². The summed E-state index contributed by atoms with van der Waals surface area (Å²) in [6.07, 6.45) is -0.717. The molecule has 0 atom stereocenters. The van der Waals surface area contributed by atoms with E-state index in [2.05, 4.69) is 121 Å². The fraction of sp³-hybridized carbons (Fsp3) is 0. The van der Waals surface area contributed by atoms with Crippen molar-refractivity contribution < 1.29 is 32.9 Å². The number of hydrogen-bond donors (Lipinski definition) is 0. The van der Waals surface area contributed by atoms with Crippen molar-refractivity contribution in [3.63, 3.8) is 0 Å². The Hall–Kier alpha value is -0.355. The molecule has 0 aliphatic rings. The summed E-state index contributed by atoms with van der Waals surface area (Å²) in [5, 5.41) is 5.92. The number of hydrogen-bond acceptors (Lipinski definition) is 0. The van der Waals surface area contributed by atoms with E-state index >= 15 is 0 Å². The van der Waals surface area contributed by atoms with E-state index in [0.717, 1.165) is 0 Å². The van der Waals surface area contributed by atoms with Crippen molar-refractivity contribution >= 4 is 52.5 Å². The van der Waals surface area contributed by atoms with Crippen molar-refractivity contribution in [2.75, 3.05) is 0 Å². The summed E-state index contributed by atoms with van der Waals surface area (Å²) in [5.41, 5.74) is 0. The second kappa shape index (κ2) is 13.9. The molecule has 4 aromatic rings. The zero-order chi connectivity index (χ0) is 21.0. The number of benzene rings is 4. The summed E-state index contributed by atoms with van der Waals surface area (Å²) in [5.74, 6) is 0. The molecule has 0 saturated heterocycles. The second-order valence-corrected chi connectivity index (χ2v) is 18.9. The van der Waals surface area contributed by atoms with Gasteiger partial charge in [0.25, 0.3) is 0 Å². The van der Waals surface area contributed by atoms with Gasteiger partial charge >= 0.3 is 207 Å². The standard InChI is InChI=1S/2C12H10P.2ClH.2Pd/c2*1-3-7-11(8-4-1)13-12-9-5-2-6-10-12;;;;/h2*1-10H;2*1H;;/q2*-1;;;;+2/p-2. The van der Waals surface area contributed by atoms with Gasteiger partial charge in [-0.05, 0) is 0 Å². The minimum atomic E-state index is -0.359. The van der Waals surface area contributed by atoms with Gasteiger partial charge in [-0.2, -0.15) is 0 Å². The van der Waals surface area contributed by atoms with E-state index in [1.165, 1.54) is 21.2 Å². The average molecular weight is 654 g/mol. The molecule has 0 unspecified atom stereocenters. The zero-order valence-corrected chi connectivity index (χ0v) is 22.2. The molecule has 0 radical (unpaired) electrons. The van der Waals surface area contributed by atoms with Gasteiger partial charge in [0.15, 0.2) is 0 Å². The third-order valence-electron chi connectivity index (χ3n) is 3.99. The quantitative estimate of drug-likeness (QED) is 0.164. The van der Waals surface area contributed by atoms with Gasteiger partial charge in [-0.1, -0.05) is 0 Å². The predicted molar refractivity (Wildman–Crippen MR) is 130 cm³/mol. The summed E-state index contributed by atoms with van der Waals surface area (Å²) in [6, 6.07) is 44.3. The molecule has 0 aliphatic carbocycles. The summed E-state index contributed by atoms with van der Waals surface area (Å²) in [4.78, 5) is 0. The van der Waals surface area contributed by atoms with Gasteiger partial charge in [0, 0.05) is 0 Å². The molecule has 6 heteroatoms. The van der Waals surface area contributed by atoms with Crippen LogP contribution in [-0.4, -0.2) is 0 Å². The Morgan fingerprint density at radius 2 is 0.633 bits per heavy atom. The van der Waals surface area contributed by atoms with Gasteiger partial charge in [0.1, 0.15) is 0 Å². The molecule has 0 spiro atoms. The van der Waals surface area contributed by atoms with E-state index in [1.807, 2.05) is 0 Å². The van der Waals surface area contributed by atoms with Crippen molar-refractivity contribution in [2.45, 2.75) is 0 Å². The Bertz CT molecular complexity index is 815. The van der Waals surface area contributed by atoms with Crippen LogP contribution in [0.1, 0.15) is 0 Å². The molecule has 30 heavy (non-hydrogen) atoms. The van der Waals surface area contributed by atoms with Crippen LogP contribution < -0.4 is 21.2 Å². The molecular weight excluding hydrogens is 634 g/mol. The Morgan fingerprint density at radius 3 is 0.833 bits per heavy atom. The molecule has 162 valence electrons. The molecule has 0 bridgehead atoms. The molecular formula is C24H20Cl2P2Pd2-2. The van der Waals surface area contributed by atoms with Crippen LogP contribution in [0.25, 0.3) is 0 Å². The van der Waals surface area contributed by atoms with Crippen LogP contribution in [0.2, 0.25) is 0 Å². The maximum atomic E-state index is 4.81. The monoisotopic (exact) mass is 652 g/mol. The van der Waals surface area contributed by atoms with Crippen LogP contribution in [0.4, 0.5) is 0 Å². The molecule has 0 aliphatic heterocycles. The van der Waals surface area contributed by atoms with Gasteiger partial charge in [0.2, 0.25) is 0 Å². The van der Waals surface area contributed by atoms with E-state index in [4.69, 9.17) is 19.1 Å². The van der Waals surface area contributed by atoms with E-state index in [9.17, 15) is 0 Å². The fourth-order valence-corrected chi connectivity index (χ4v) is 18.7.